The number of rotatable bonds is 5. The Labute approximate surface area is 152 Å². The minimum absolute atomic E-state index is 0.0738. The Balaban J connectivity index is 1.56. The number of aromatic nitrogens is 4. The lowest BCUT2D eigenvalue weighted by atomic mass is 10.1. The second-order valence-corrected chi connectivity index (χ2v) is 7.14. The van der Waals surface area contributed by atoms with E-state index in [0.717, 1.165) is 46.5 Å². The fraction of sp³-hybridized carbons (Fsp3) is 0.350. The summed E-state index contributed by atoms with van der Waals surface area (Å²) in [5.74, 6) is 1.47. The summed E-state index contributed by atoms with van der Waals surface area (Å²) in [4.78, 5) is 12.8. The first-order chi connectivity index (χ1) is 12.5. The van der Waals surface area contributed by atoms with E-state index < -0.39 is 0 Å². The predicted molar refractivity (Wildman–Crippen MR) is 101 cm³/mol. The quantitative estimate of drug-likeness (QED) is 0.766. The summed E-state index contributed by atoms with van der Waals surface area (Å²) in [6, 6.07) is 9.67. The number of nitrogens with zero attached hydrogens (tertiary/aromatic N) is 4. The highest BCUT2D eigenvalue weighted by Gasteiger charge is 2.24. The number of aryl methyl sites for hydroxylation is 2. The topological polar surface area (TPSA) is 64.7 Å². The van der Waals surface area contributed by atoms with Gasteiger partial charge in [0.1, 0.15) is 6.33 Å². The molecule has 3 aromatic rings. The predicted octanol–water partition coefficient (Wildman–Crippen LogP) is 3.56. The third kappa shape index (κ3) is 3.14. The summed E-state index contributed by atoms with van der Waals surface area (Å²) in [7, 11) is 1.90. The van der Waals surface area contributed by atoms with Crippen LogP contribution in [0.3, 0.4) is 0 Å². The van der Waals surface area contributed by atoms with E-state index in [4.69, 9.17) is 0 Å². The standard InChI is InChI=1S/C20H23N5O/c1-13-9-18(14(2)25(13)11-15-7-8-15)20(26)22-17-6-4-5-16(10-17)19-23-21-12-24(19)3/h4-6,9-10,12,15H,7-8,11H2,1-3H3,(H,22,26). The van der Waals surface area contributed by atoms with Crippen molar-refractivity contribution >= 4 is 11.6 Å². The van der Waals surface area contributed by atoms with Gasteiger partial charge in [-0.3, -0.25) is 4.79 Å². The molecular weight excluding hydrogens is 326 g/mol. The molecule has 1 amide bonds. The molecule has 26 heavy (non-hydrogen) atoms. The molecule has 0 spiro atoms. The van der Waals surface area contributed by atoms with Crippen LogP contribution in [0, 0.1) is 19.8 Å². The van der Waals surface area contributed by atoms with Crippen molar-refractivity contribution in [3.05, 3.63) is 53.6 Å². The van der Waals surface area contributed by atoms with Gasteiger partial charge in [0.05, 0.1) is 5.56 Å². The molecule has 2 heterocycles. The van der Waals surface area contributed by atoms with Crippen LogP contribution in [0.1, 0.15) is 34.6 Å². The van der Waals surface area contributed by atoms with Crippen molar-refractivity contribution < 1.29 is 4.79 Å². The number of nitrogens with one attached hydrogen (secondary N) is 1. The maximum atomic E-state index is 12.8. The third-order valence-corrected chi connectivity index (χ3v) is 5.05. The van der Waals surface area contributed by atoms with Crippen LogP contribution in [0.5, 0.6) is 0 Å². The van der Waals surface area contributed by atoms with Gasteiger partial charge in [0.2, 0.25) is 0 Å². The van der Waals surface area contributed by atoms with Crippen molar-refractivity contribution in [1.82, 2.24) is 19.3 Å². The number of amides is 1. The zero-order valence-corrected chi connectivity index (χ0v) is 15.4. The SMILES string of the molecule is Cc1cc(C(=O)Nc2cccc(-c3nncn3C)c2)c(C)n1CC1CC1. The van der Waals surface area contributed by atoms with E-state index in [9.17, 15) is 4.79 Å². The molecule has 4 rings (SSSR count). The zero-order chi connectivity index (χ0) is 18.3. The second-order valence-electron chi connectivity index (χ2n) is 7.14. The smallest absolute Gasteiger partial charge is 0.257 e. The monoisotopic (exact) mass is 349 g/mol. The van der Waals surface area contributed by atoms with Gasteiger partial charge in [0.15, 0.2) is 5.82 Å². The highest BCUT2D eigenvalue weighted by molar-refractivity contribution is 6.05. The van der Waals surface area contributed by atoms with Crippen molar-refractivity contribution in [1.29, 1.82) is 0 Å². The summed E-state index contributed by atoms with van der Waals surface area (Å²) >= 11 is 0. The van der Waals surface area contributed by atoms with Crippen LogP contribution in [-0.2, 0) is 13.6 Å². The van der Waals surface area contributed by atoms with E-state index in [1.165, 1.54) is 12.8 Å². The van der Waals surface area contributed by atoms with Crippen molar-refractivity contribution in [2.75, 3.05) is 5.32 Å². The molecule has 1 saturated carbocycles. The largest absolute Gasteiger partial charge is 0.348 e. The van der Waals surface area contributed by atoms with Gasteiger partial charge in [-0.2, -0.15) is 0 Å². The lowest BCUT2D eigenvalue weighted by molar-refractivity contribution is 0.102. The number of anilines is 1. The number of hydrogen-bond acceptors (Lipinski definition) is 3. The summed E-state index contributed by atoms with van der Waals surface area (Å²) in [5, 5.41) is 11.1. The highest BCUT2D eigenvalue weighted by Crippen LogP contribution is 2.32. The third-order valence-electron chi connectivity index (χ3n) is 5.05. The first-order valence-corrected chi connectivity index (χ1v) is 8.95. The summed E-state index contributed by atoms with van der Waals surface area (Å²) in [6.45, 7) is 5.12. The highest BCUT2D eigenvalue weighted by atomic mass is 16.1. The van der Waals surface area contributed by atoms with Crippen molar-refractivity contribution in [3.8, 4) is 11.4 Å². The van der Waals surface area contributed by atoms with Gasteiger partial charge < -0.3 is 14.5 Å². The second kappa shape index (κ2) is 6.44. The lowest BCUT2D eigenvalue weighted by Crippen LogP contribution is -2.13. The zero-order valence-electron chi connectivity index (χ0n) is 15.4. The number of benzene rings is 1. The Morgan fingerprint density at radius 2 is 2.08 bits per heavy atom. The van der Waals surface area contributed by atoms with E-state index in [1.54, 1.807) is 6.33 Å². The summed E-state index contributed by atoms with van der Waals surface area (Å²) in [5.41, 5.74) is 4.60. The number of carbonyl (C=O) groups excluding carboxylic acids is 1. The molecule has 0 aliphatic heterocycles. The molecule has 0 saturated heterocycles. The summed E-state index contributed by atoms with van der Waals surface area (Å²) < 4.78 is 4.12. The fourth-order valence-corrected chi connectivity index (χ4v) is 3.35. The molecule has 1 aromatic carbocycles. The van der Waals surface area contributed by atoms with Crippen LogP contribution < -0.4 is 5.32 Å². The van der Waals surface area contributed by atoms with Gasteiger partial charge in [-0.05, 0) is 50.8 Å². The molecule has 2 aromatic heterocycles. The van der Waals surface area contributed by atoms with Crippen LogP contribution in [0.4, 0.5) is 5.69 Å². The van der Waals surface area contributed by atoms with Crippen molar-refractivity contribution in [2.45, 2.75) is 33.2 Å². The Kier molecular flexibility index (Phi) is 4.11. The Hall–Kier alpha value is -2.89. The van der Waals surface area contributed by atoms with Crippen LogP contribution >= 0.6 is 0 Å². The Morgan fingerprint density at radius 1 is 1.27 bits per heavy atom. The molecule has 1 aliphatic carbocycles. The molecule has 6 heteroatoms. The van der Waals surface area contributed by atoms with Gasteiger partial charge in [-0.15, -0.1) is 10.2 Å². The minimum atomic E-state index is -0.0738. The molecule has 0 bridgehead atoms. The van der Waals surface area contributed by atoms with Crippen molar-refractivity contribution in [3.63, 3.8) is 0 Å². The number of hydrogen-bond donors (Lipinski definition) is 1. The van der Waals surface area contributed by atoms with E-state index >= 15 is 0 Å². The van der Waals surface area contributed by atoms with E-state index in [0.29, 0.717) is 0 Å². The van der Waals surface area contributed by atoms with Crippen LogP contribution in [-0.4, -0.2) is 25.2 Å². The van der Waals surface area contributed by atoms with Gasteiger partial charge in [0, 0.05) is 36.2 Å². The molecule has 0 radical (unpaired) electrons. The average Bonchev–Trinajstić information content (AvgIpc) is 3.27. The molecule has 1 aliphatic rings. The molecule has 0 atom stereocenters. The lowest BCUT2D eigenvalue weighted by Gasteiger charge is -2.10. The maximum absolute atomic E-state index is 12.8. The minimum Gasteiger partial charge on any atom is -0.348 e. The van der Waals surface area contributed by atoms with Crippen molar-refractivity contribution in [2.24, 2.45) is 13.0 Å². The van der Waals surface area contributed by atoms with Crippen LogP contribution in [0.2, 0.25) is 0 Å². The summed E-state index contributed by atoms with van der Waals surface area (Å²) in [6.07, 6.45) is 4.26. The van der Waals surface area contributed by atoms with Gasteiger partial charge in [-0.25, -0.2) is 0 Å². The van der Waals surface area contributed by atoms with Crippen LogP contribution in [0.15, 0.2) is 36.7 Å². The Morgan fingerprint density at radius 3 is 2.77 bits per heavy atom. The maximum Gasteiger partial charge on any atom is 0.257 e. The van der Waals surface area contributed by atoms with Gasteiger partial charge in [-0.1, -0.05) is 12.1 Å². The first kappa shape index (κ1) is 16.6. The molecule has 6 nitrogen and oxygen atoms in total. The molecule has 0 unspecified atom stereocenters. The first-order valence-electron chi connectivity index (χ1n) is 8.95. The Bertz CT molecular complexity index is 964. The molecule has 134 valence electrons. The van der Waals surface area contributed by atoms with Crippen LogP contribution in [0.25, 0.3) is 11.4 Å². The normalized spacial score (nSPS) is 13.8. The average molecular weight is 349 g/mol. The molecular formula is C20H23N5O. The van der Waals surface area contributed by atoms with Gasteiger partial charge >= 0.3 is 0 Å². The number of carbonyl (C=O) groups is 1. The molecule has 1 N–H and O–H groups in total. The van der Waals surface area contributed by atoms with E-state index in [2.05, 4.69) is 27.0 Å². The van der Waals surface area contributed by atoms with E-state index in [1.807, 2.05) is 48.9 Å². The van der Waals surface area contributed by atoms with E-state index in [-0.39, 0.29) is 5.91 Å². The fourth-order valence-electron chi connectivity index (χ4n) is 3.35. The van der Waals surface area contributed by atoms with Gasteiger partial charge in [0.25, 0.3) is 5.91 Å². The molecule has 1 fully saturated rings.